The van der Waals surface area contributed by atoms with Gasteiger partial charge in [-0.05, 0) is 31.5 Å². The van der Waals surface area contributed by atoms with Gasteiger partial charge in [-0.25, -0.2) is 4.39 Å². The molecule has 0 saturated carbocycles. The highest BCUT2D eigenvalue weighted by atomic mass is 35.5. The van der Waals surface area contributed by atoms with E-state index in [1.54, 1.807) is 19.2 Å². The van der Waals surface area contributed by atoms with Crippen molar-refractivity contribution in [1.82, 2.24) is 10.2 Å². The topological polar surface area (TPSA) is 32.3 Å². The normalized spacial score (nSPS) is 19.2. The molecule has 1 N–H and O–H groups in total. The molecule has 0 spiro atoms. The number of rotatable bonds is 3. The molecule has 0 bridgehead atoms. The maximum absolute atomic E-state index is 13.7. The van der Waals surface area contributed by atoms with E-state index >= 15 is 0 Å². The van der Waals surface area contributed by atoms with E-state index < -0.39 is 0 Å². The van der Waals surface area contributed by atoms with E-state index in [-0.39, 0.29) is 24.3 Å². The maximum atomic E-state index is 13.7. The van der Waals surface area contributed by atoms with Crippen molar-refractivity contribution in [3.8, 4) is 0 Å². The third-order valence-corrected chi connectivity index (χ3v) is 3.80. The Labute approximate surface area is 117 Å². The van der Waals surface area contributed by atoms with Gasteiger partial charge in [0.1, 0.15) is 5.82 Å². The fourth-order valence-corrected chi connectivity index (χ4v) is 2.55. The standard InChI is InChI=1S/C14H18ClFN2O/c1-18(14(19)13-7-2-3-8-17-13)9-10-11(15)5-4-6-12(10)16/h4-6,13,17H,2-3,7-9H2,1H3. The summed E-state index contributed by atoms with van der Waals surface area (Å²) in [4.78, 5) is 13.8. The molecule has 0 aromatic heterocycles. The minimum atomic E-state index is -0.372. The molecular formula is C14H18ClFN2O. The first-order valence-electron chi connectivity index (χ1n) is 6.51. The van der Waals surface area contributed by atoms with Crippen molar-refractivity contribution in [2.24, 2.45) is 0 Å². The molecule has 5 heteroatoms. The summed E-state index contributed by atoms with van der Waals surface area (Å²) >= 11 is 5.97. The van der Waals surface area contributed by atoms with Crippen LogP contribution in [0, 0.1) is 5.82 Å². The zero-order chi connectivity index (χ0) is 13.8. The second-order valence-corrected chi connectivity index (χ2v) is 5.30. The summed E-state index contributed by atoms with van der Waals surface area (Å²) in [7, 11) is 1.68. The lowest BCUT2D eigenvalue weighted by Crippen LogP contribution is -2.47. The predicted molar refractivity (Wildman–Crippen MR) is 73.5 cm³/mol. The number of nitrogens with one attached hydrogen (secondary N) is 1. The fraction of sp³-hybridized carbons (Fsp3) is 0.500. The Morgan fingerprint density at radius 3 is 2.95 bits per heavy atom. The van der Waals surface area contributed by atoms with Crippen LogP contribution in [0.15, 0.2) is 18.2 Å². The van der Waals surface area contributed by atoms with Gasteiger partial charge in [0.2, 0.25) is 5.91 Å². The van der Waals surface area contributed by atoms with Crippen molar-refractivity contribution in [3.05, 3.63) is 34.6 Å². The third-order valence-electron chi connectivity index (χ3n) is 3.44. The average molecular weight is 285 g/mol. The number of halogens is 2. The van der Waals surface area contributed by atoms with Crippen molar-refractivity contribution in [2.45, 2.75) is 31.8 Å². The third kappa shape index (κ3) is 3.45. The van der Waals surface area contributed by atoms with Crippen LogP contribution in [0.3, 0.4) is 0 Å². The molecule has 1 aliphatic heterocycles. The lowest BCUT2D eigenvalue weighted by Gasteiger charge is -2.27. The SMILES string of the molecule is CN(Cc1c(F)cccc1Cl)C(=O)C1CCCCN1. The van der Waals surface area contributed by atoms with E-state index in [1.807, 2.05) is 0 Å². The van der Waals surface area contributed by atoms with E-state index in [0.717, 1.165) is 25.8 Å². The minimum Gasteiger partial charge on any atom is -0.340 e. The monoisotopic (exact) mass is 284 g/mol. The zero-order valence-corrected chi connectivity index (χ0v) is 11.7. The number of carbonyl (C=O) groups excluding carboxylic acids is 1. The number of hydrogen-bond acceptors (Lipinski definition) is 2. The van der Waals surface area contributed by atoms with Gasteiger partial charge in [-0.1, -0.05) is 24.1 Å². The number of piperidine rings is 1. The van der Waals surface area contributed by atoms with Crippen molar-refractivity contribution < 1.29 is 9.18 Å². The molecule has 3 nitrogen and oxygen atoms in total. The molecular weight excluding hydrogens is 267 g/mol. The van der Waals surface area contributed by atoms with Crippen LogP contribution >= 0.6 is 11.6 Å². The molecule has 1 amide bonds. The number of likely N-dealkylation sites (N-methyl/N-ethyl adjacent to an activating group) is 1. The Balaban J connectivity index is 2.03. The molecule has 1 heterocycles. The number of benzene rings is 1. The summed E-state index contributed by atoms with van der Waals surface area (Å²) < 4.78 is 13.7. The van der Waals surface area contributed by atoms with Crippen LogP contribution < -0.4 is 5.32 Å². The minimum absolute atomic E-state index is 0.000908. The fourth-order valence-electron chi connectivity index (χ4n) is 2.33. The van der Waals surface area contributed by atoms with Gasteiger partial charge in [0, 0.05) is 24.2 Å². The second-order valence-electron chi connectivity index (χ2n) is 4.90. The summed E-state index contributed by atoms with van der Waals surface area (Å²) in [5.41, 5.74) is 0.371. The number of nitrogens with zero attached hydrogens (tertiary/aromatic N) is 1. The highest BCUT2D eigenvalue weighted by molar-refractivity contribution is 6.31. The molecule has 1 saturated heterocycles. The van der Waals surface area contributed by atoms with Crippen LogP contribution in [0.25, 0.3) is 0 Å². The molecule has 0 radical (unpaired) electrons. The van der Waals surface area contributed by atoms with E-state index in [2.05, 4.69) is 5.32 Å². The van der Waals surface area contributed by atoms with Crippen LogP contribution in [0.1, 0.15) is 24.8 Å². The summed E-state index contributed by atoms with van der Waals surface area (Å²) in [5, 5.41) is 3.55. The van der Waals surface area contributed by atoms with Gasteiger partial charge in [-0.15, -0.1) is 0 Å². The van der Waals surface area contributed by atoms with Crippen LogP contribution in [-0.2, 0) is 11.3 Å². The average Bonchev–Trinajstić information content (AvgIpc) is 2.43. The summed E-state index contributed by atoms with van der Waals surface area (Å²) in [5.74, 6) is -0.372. The largest absolute Gasteiger partial charge is 0.340 e. The lowest BCUT2D eigenvalue weighted by molar-refractivity contribution is -0.133. The molecule has 1 fully saturated rings. The summed E-state index contributed by atoms with van der Waals surface area (Å²) in [6, 6.07) is 4.41. The Morgan fingerprint density at radius 1 is 1.53 bits per heavy atom. The van der Waals surface area contributed by atoms with Crippen molar-refractivity contribution >= 4 is 17.5 Å². The maximum Gasteiger partial charge on any atom is 0.239 e. The molecule has 19 heavy (non-hydrogen) atoms. The zero-order valence-electron chi connectivity index (χ0n) is 11.0. The van der Waals surface area contributed by atoms with E-state index in [4.69, 9.17) is 11.6 Å². The molecule has 1 aromatic carbocycles. The van der Waals surface area contributed by atoms with E-state index in [1.165, 1.54) is 11.0 Å². The molecule has 1 unspecified atom stereocenters. The Morgan fingerprint density at radius 2 is 2.32 bits per heavy atom. The predicted octanol–water partition coefficient (Wildman–Crippen LogP) is 2.58. The molecule has 1 aromatic rings. The van der Waals surface area contributed by atoms with E-state index in [9.17, 15) is 9.18 Å². The second kappa shape index (κ2) is 6.35. The van der Waals surface area contributed by atoms with Gasteiger partial charge in [0.25, 0.3) is 0 Å². The van der Waals surface area contributed by atoms with Gasteiger partial charge < -0.3 is 10.2 Å². The Kier molecular flexibility index (Phi) is 4.77. The smallest absolute Gasteiger partial charge is 0.239 e. The first kappa shape index (κ1) is 14.3. The van der Waals surface area contributed by atoms with Gasteiger partial charge >= 0.3 is 0 Å². The Bertz CT molecular complexity index is 441. The quantitative estimate of drug-likeness (QED) is 0.925. The van der Waals surface area contributed by atoms with Crippen LogP contribution in [0.5, 0.6) is 0 Å². The molecule has 2 rings (SSSR count). The van der Waals surface area contributed by atoms with Crippen molar-refractivity contribution in [2.75, 3.05) is 13.6 Å². The number of hydrogen-bond donors (Lipinski definition) is 1. The van der Waals surface area contributed by atoms with Gasteiger partial charge in [0.05, 0.1) is 6.04 Å². The highest BCUT2D eigenvalue weighted by Gasteiger charge is 2.24. The first-order valence-corrected chi connectivity index (χ1v) is 6.88. The molecule has 1 aliphatic rings. The van der Waals surface area contributed by atoms with Crippen LogP contribution in [-0.4, -0.2) is 30.4 Å². The number of amides is 1. The summed E-state index contributed by atoms with van der Waals surface area (Å²) in [6.45, 7) is 1.06. The van der Waals surface area contributed by atoms with E-state index in [0.29, 0.717) is 10.6 Å². The first-order chi connectivity index (χ1) is 9.09. The molecule has 1 atom stereocenters. The van der Waals surface area contributed by atoms with Gasteiger partial charge in [-0.3, -0.25) is 4.79 Å². The number of carbonyl (C=O) groups is 1. The van der Waals surface area contributed by atoms with Gasteiger partial charge in [0.15, 0.2) is 0 Å². The molecule has 0 aliphatic carbocycles. The summed E-state index contributed by atoms with van der Waals surface area (Å²) in [6.07, 6.45) is 3.00. The molecule has 104 valence electrons. The highest BCUT2D eigenvalue weighted by Crippen LogP contribution is 2.21. The van der Waals surface area contributed by atoms with Crippen molar-refractivity contribution in [1.29, 1.82) is 0 Å². The Hall–Kier alpha value is -1.13. The van der Waals surface area contributed by atoms with Gasteiger partial charge in [-0.2, -0.15) is 0 Å². The van der Waals surface area contributed by atoms with Crippen LogP contribution in [0.4, 0.5) is 4.39 Å². The van der Waals surface area contributed by atoms with Crippen LogP contribution in [0.2, 0.25) is 5.02 Å². The van der Waals surface area contributed by atoms with Crippen molar-refractivity contribution in [3.63, 3.8) is 0 Å². The lowest BCUT2D eigenvalue weighted by atomic mass is 10.0.